The Hall–Kier alpha value is -1.02. The lowest BCUT2D eigenvalue weighted by molar-refractivity contribution is 0.138. The molecule has 0 aliphatic carbocycles. The number of ether oxygens (including phenoxy) is 1. The van der Waals surface area contributed by atoms with E-state index in [-0.39, 0.29) is 11.4 Å². The smallest absolute Gasteiger partial charge is 0.243 e. The molecule has 120 valence electrons. The van der Waals surface area contributed by atoms with E-state index in [9.17, 15) is 12.8 Å². The Bertz CT molecular complexity index is 549. The summed E-state index contributed by atoms with van der Waals surface area (Å²) in [7, 11) is -2.26. The lowest BCUT2D eigenvalue weighted by Crippen LogP contribution is -2.31. The van der Waals surface area contributed by atoms with Crippen molar-refractivity contribution in [2.45, 2.75) is 25.3 Å². The van der Waals surface area contributed by atoms with Crippen LogP contribution in [0.2, 0.25) is 0 Å². The van der Waals surface area contributed by atoms with Crippen LogP contribution in [-0.4, -0.2) is 46.1 Å². The van der Waals surface area contributed by atoms with Gasteiger partial charge in [-0.1, -0.05) is 13.0 Å². The minimum atomic E-state index is -3.73. The van der Waals surface area contributed by atoms with E-state index in [1.54, 1.807) is 0 Å². The van der Waals surface area contributed by atoms with E-state index >= 15 is 0 Å². The first kappa shape index (κ1) is 18.0. The molecule has 21 heavy (non-hydrogen) atoms. The predicted octanol–water partition coefficient (Wildman–Crippen LogP) is 1.59. The first-order chi connectivity index (χ1) is 9.93. The van der Waals surface area contributed by atoms with Gasteiger partial charge in [-0.3, -0.25) is 0 Å². The molecule has 0 unspecified atom stereocenters. The maximum Gasteiger partial charge on any atom is 0.243 e. The first-order valence-electron chi connectivity index (χ1n) is 6.96. The van der Waals surface area contributed by atoms with Crippen LogP contribution in [0.4, 0.5) is 4.39 Å². The number of hydrogen-bond donors (Lipinski definition) is 1. The fourth-order valence-electron chi connectivity index (χ4n) is 1.80. The molecule has 0 amide bonds. The van der Waals surface area contributed by atoms with E-state index in [0.717, 1.165) is 6.07 Å². The summed E-state index contributed by atoms with van der Waals surface area (Å²) >= 11 is 0. The third-order valence-corrected chi connectivity index (χ3v) is 4.98. The van der Waals surface area contributed by atoms with Gasteiger partial charge >= 0.3 is 0 Å². The van der Waals surface area contributed by atoms with Crippen molar-refractivity contribution < 1.29 is 17.5 Å². The number of benzene rings is 1. The molecule has 1 N–H and O–H groups in total. The maximum atomic E-state index is 13.4. The number of sulfonamides is 1. The van der Waals surface area contributed by atoms with E-state index in [2.05, 4.69) is 5.32 Å². The second-order valence-electron chi connectivity index (χ2n) is 4.56. The molecule has 0 saturated heterocycles. The van der Waals surface area contributed by atoms with Gasteiger partial charge in [0, 0.05) is 26.7 Å². The average molecular weight is 318 g/mol. The predicted molar refractivity (Wildman–Crippen MR) is 80.1 cm³/mol. The van der Waals surface area contributed by atoms with Crippen molar-refractivity contribution in [2.24, 2.45) is 0 Å². The molecular weight excluding hydrogens is 295 g/mol. The van der Waals surface area contributed by atoms with Crippen LogP contribution in [0.25, 0.3) is 0 Å². The van der Waals surface area contributed by atoms with Crippen molar-refractivity contribution in [3.05, 3.63) is 29.6 Å². The summed E-state index contributed by atoms with van der Waals surface area (Å²) in [6, 6.07) is 3.84. The van der Waals surface area contributed by atoms with Crippen LogP contribution < -0.4 is 5.32 Å². The van der Waals surface area contributed by atoms with Gasteiger partial charge in [0.05, 0.1) is 11.5 Å². The zero-order valence-electron chi connectivity index (χ0n) is 12.7. The van der Waals surface area contributed by atoms with Gasteiger partial charge in [-0.2, -0.15) is 4.31 Å². The van der Waals surface area contributed by atoms with Crippen molar-refractivity contribution >= 4 is 10.0 Å². The molecule has 1 rings (SSSR count). The molecule has 0 aliphatic heterocycles. The molecule has 0 bridgehead atoms. The molecule has 0 saturated carbocycles. The largest absolute Gasteiger partial charge is 0.380 e. The molecular formula is C14H23FN2O3S. The Morgan fingerprint density at radius 1 is 1.33 bits per heavy atom. The van der Waals surface area contributed by atoms with Crippen LogP contribution >= 0.6 is 0 Å². The minimum absolute atomic E-state index is 0.00227. The summed E-state index contributed by atoms with van der Waals surface area (Å²) in [5, 5.41) is 3.06. The van der Waals surface area contributed by atoms with Crippen LogP contribution in [-0.2, 0) is 21.3 Å². The third-order valence-electron chi connectivity index (χ3n) is 3.04. The van der Waals surface area contributed by atoms with Crippen LogP contribution in [0.15, 0.2) is 23.1 Å². The summed E-state index contributed by atoms with van der Waals surface area (Å²) < 4.78 is 44.9. The van der Waals surface area contributed by atoms with Crippen LogP contribution in [0, 0.1) is 5.82 Å². The molecule has 1 aromatic carbocycles. The minimum Gasteiger partial charge on any atom is -0.380 e. The number of hydrogen-bond acceptors (Lipinski definition) is 4. The van der Waals surface area contributed by atoms with E-state index in [0.29, 0.717) is 31.9 Å². The highest BCUT2D eigenvalue weighted by molar-refractivity contribution is 7.89. The van der Waals surface area contributed by atoms with Crippen LogP contribution in [0.5, 0.6) is 0 Å². The molecule has 0 atom stereocenters. The van der Waals surface area contributed by atoms with E-state index in [1.807, 2.05) is 13.8 Å². The standard InChI is InChI=1S/C14H23FN2O3S/c1-4-16-11-12-6-7-13(15)10-14(12)21(18,19)17(3)8-9-20-5-2/h6-7,10,16H,4-5,8-9,11H2,1-3H3. The summed E-state index contributed by atoms with van der Waals surface area (Å²) in [4.78, 5) is 0.00227. The van der Waals surface area contributed by atoms with E-state index in [4.69, 9.17) is 4.74 Å². The molecule has 0 fully saturated rings. The zero-order chi connectivity index (χ0) is 15.9. The molecule has 0 aliphatic rings. The lowest BCUT2D eigenvalue weighted by Gasteiger charge is -2.19. The molecule has 0 aromatic heterocycles. The molecule has 0 spiro atoms. The fraction of sp³-hybridized carbons (Fsp3) is 0.571. The SMILES string of the molecule is CCNCc1ccc(F)cc1S(=O)(=O)N(C)CCOCC. The second-order valence-corrected chi connectivity index (χ2v) is 6.57. The second kappa shape index (κ2) is 8.43. The Balaban J connectivity index is 3.02. The van der Waals surface area contributed by atoms with Gasteiger partial charge in [0.2, 0.25) is 10.0 Å². The molecule has 0 radical (unpaired) electrons. The monoisotopic (exact) mass is 318 g/mol. The summed E-state index contributed by atoms with van der Waals surface area (Å²) in [5.41, 5.74) is 0.557. The Kier molecular flexibility index (Phi) is 7.24. The van der Waals surface area contributed by atoms with Crippen molar-refractivity contribution in [2.75, 3.05) is 33.4 Å². The van der Waals surface area contributed by atoms with Crippen LogP contribution in [0.3, 0.4) is 0 Å². The van der Waals surface area contributed by atoms with Crippen molar-refractivity contribution in [3.8, 4) is 0 Å². The van der Waals surface area contributed by atoms with Crippen molar-refractivity contribution in [1.29, 1.82) is 0 Å². The number of nitrogens with zero attached hydrogens (tertiary/aromatic N) is 1. The maximum absolute atomic E-state index is 13.4. The Morgan fingerprint density at radius 2 is 2.05 bits per heavy atom. The molecule has 5 nitrogen and oxygen atoms in total. The summed E-state index contributed by atoms with van der Waals surface area (Å²) in [5.74, 6) is -0.563. The fourth-order valence-corrected chi connectivity index (χ4v) is 3.18. The third kappa shape index (κ3) is 5.03. The van der Waals surface area contributed by atoms with E-state index in [1.165, 1.54) is 23.5 Å². The van der Waals surface area contributed by atoms with Gasteiger partial charge in [0.15, 0.2) is 0 Å². The molecule has 1 aromatic rings. The van der Waals surface area contributed by atoms with Crippen molar-refractivity contribution in [3.63, 3.8) is 0 Å². The van der Waals surface area contributed by atoms with E-state index < -0.39 is 15.8 Å². The van der Waals surface area contributed by atoms with Gasteiger partial charge < -0.3 is 10.1 Å². The van der Waals surface area contributed by atoms with Crippen molar-refractivity contribution in [1.82, 2.24) is 9.62 Å². The zero-order valence-corrected chi connectivity index (χ0v) is 13.5. The van der Waals surface area contributed by atoms with Gasteiger partial charge in [-0.25, -0.2) is 12.8 Å². The van der Waals surface area contributed by atoms with Crippen LogP contribution in [0.1, 0.15) is 19.4 Å². The van der Waals surface area contributed by atoms with Gasteiger partial charge in [0.25, 0.3) is 0 Å². The highest BCUT2D eigenvalue weighted by Crippen LogP contribution is 2.20. The van der Waals surface area contributed by atoms with Gasteiger partial charge in [-0.05, 0) is 31.2 Å². The first-order valence-corrected chi connectivity index (χ1v) is 8.40. The Labute approximate surface area is 126 Å². The number of nitrogens with one attached hydrogen (secondary N) is 1. The summed E-state index contributed by atoms with van der Waals surface area (Å²) in [6.07, 6.45) is 0. The highest BCUT2D eigenvalue weighted by atomic mass is 32.2. The lowest BCUT2D eigenvalue weighted by atomic mass is 10.2. The van der Waals surface area contributed by atoms with Gasteiger partial charge in [0.1, 0.15) is 5.82 Å². The average Bonchev–Trinajstić information content (AvgIpc) is 2.46. The molecule has 7 heteroatoms. The number of halogens is 1. The van der Waals surface area contributed by atoms with Gasteiger partial charge in [-0.15, -0.1) is 0 Å². The normalized spacial score (nSPS) is 12.0. The number of likely N-dealkylation sites (N-methyl/N-ethyl adjacent to an activating group) is 1. The quantitative estimate of drug-likeness (QED) is 0.703. The highest BCUT2D eigenvalue weighted by Gasteiger charge is 2.24. The number of rotatable bonds is 9. The molecule has 0 heterocycles. The topological polar surface area (TPSA) is 58.6 Å². The Morgan fingerprint density at radius 3 is 2.67 bits per heavy atom. The summed E-state index contributed by atoms with van der Waals surface area (Å²) in [6.45, 7) is 5.92.